The summed E-state index contributed by atoms with van der Waals surface area (Å²) in [5.41, 5.74) is 0.983. The minimum Gasteiger partial charge on any atom is -0.385 e. The van der Waals surface area contributed by atoms with Crippen LogP contribution in [0.25, 0.3) is 0 Å². The lowest BCUT2D eigenvalue weighted by Crippen LogP contribution is -2.17. The zero-order valence-corrected chi connectivity index (χ0v) is 11.5. The van der Waals surface area contributed by atoms with Crippen molar-refractivity contribution in [1.82, 2.24) is 5.32 Å². The van der Waals surface area contributed by atoms with E-state index in [9.17, 15) is 8.42 Å². The summed E-state index contributed by atoms with van der Waals surface area (Å²) in [7, 11) is -3.08. The van der Waals surface area contributed by atoms with Gasteiger partial charge in [0, 0.05) is 12.2 Å². The minimum atomic E-state index is -3.08. The van der Waals surface area contributed by atoms with Gasteiger partial charge in [-0.25, -0.2) is 8.42 Å². The van der Waals surface area contributed by atoms with E-state index in [1.807, 2.05) is 12.1 Å². The van der Waals surface area contributed by atoms with Crippen LogP contribution in [0.3, 0.4) is 0 Å². The molecule has 18 heavy (non-hydrogen) atoms. The van der Waals surface area contributed by atoms with Gasteiger partial charge in [0.25, 0.3) is 0 Å². The Kier molecular flexibility index (Phi) is 4.24. The summed E-state index contributed by atoms with van der Waals surface area (Å²) in [6.45, 7) is 4.76. The first-order valence-corrected chi connectivity index (χ1v) is 8.04. The van der Waals surface area contributed by atoms with Gasteiger partial charge >= 0.3 is 0 Å². The van der Waals surface area contributed by atoms with Crippen LogP contribution in [0.2, 0.25) is 0 Å². The van der Waals surface area contributed by atoms with Gasteiger partial charge in [-0.2, -0.15) is 0 Å². The Bertz CT molecular complexity index is 476. The summed E-state index contributed by atoms with van der Waals surface area (Å²) >= 11 is 0. The van der Waals surface area contributed by atoms with Crippen molar-refractivity contribution in [2.75, 3.05) is 30.7 Å². The predicted molar refractivity (Wildman–Crippen MR) is 73.6 cm³/mol. The number of benzene rings is 1. The summed E-state index contributed by atoms with van der Waals surface area (Å²) < 4.78 is 23.3. The van der Waals surface area contributed by atoms with E-state index < -0.39 is 9.84 Å². The molecule has 2 rings (SSSR count). The summed E-state index contributed by atoms with van der Waals surface area (Å²) in [4.78, 5) is 0.401. The van der Waals surface area contributed by atoms with Crippen LogP contribution in [-0.2, 0) is 9.84 Å². The highest BCUT2D eigenvalue weighted by atomic mass is 32.2. The highest BCUT2D eigenvalue weighted by molar-refractivity contribution is 7.91. The molecule has 100 valence electrons. The minimum absolute atomic E-state index is 0.146. The average molecular weight is 268 g/mol. The molecule has 0 saturated carbocycles. The normalized spacial score (nSPS) is 19.9. The fourth-order valence-electron chi connectivity index (χ4n) is 2.10. The van der Waals surface area contributed by atoms with Crippen LogP contribution in [0.5, 0.6) is 0 Å². The molecule has 1 aromatic carbocycles. The Balaban J connectivity index is 1.95. The van der Waals surface area contributed by atoms with Crippen LogP contribution in [0.15, 0.2) is 29.2 Å². The Labute approximate surface area is 109 Å². The highest BCUT2D eigenvalue weighted by Crippen LogP contribution is 2.16. The summed E-state index contributed by atoms with van der Waals surface area (Å²) in [6, 6.07) is 7.03. The molecule has 0 amide bonds. The van der Waals surface area contributed by atoms with Crippen molar-refractivity contribution < 1.29 is 8.42 Å². The van der Waals surface area contributed by atoms with Crippen molar-refractivity contribution in [2.45, 2.75) is 18.2 Å². The van der Waals surface area contributed by atoms with Gasteiger partial charge in [-0.05, 0) is 49.7 Å². The molecule has 2 N–H and O–H groups in total. The lowest BCUT2D eigenvalue weighted by Gasteiger charge is -2.11. The number of hydrogen-bond donors (Lipinski definition) is 2. The van der Waals surface area contributed by atoms with E-state index in [2.05, 4.69) is 10.6 Å². The molecule has 0 spiro atoms. The Morgan fingerprint density at radius 2 is 2.06 bits per heavy atom. The third-order valence-corrected chi connectivity index (χ3v) is 5.10. The first kappa shape index (κ1) is 13.4. The molecule has 0 bridgehead atoms. The molecule has 0 aromatic heterocycles. The van der Waals surface area contributed by atoms with Crippen LogP contribution < -0.4 is 10.6 Å². The van der Waals surface area contributed by atoms with Gasteiger partial charge in [0.15, 0.2) is 9.84 Å². The van der Waals surface area contributed by atoms with Gasteiger partial charge < -0.3 is 10.6 Å². The molecular weight excluding hydrogens is 248 g/mol. The van der Waals surface area contributed by atoms with Crippen molar-refractivity contribution in [3.8, 4) is 0 Å². The van der Waals surface area contributed by atoms with Crippen LogP contribution >= 0.6 is 0 Å². The van der Waals surface area contributed by atoms with Crippen molar-refractivity contribution in [1.29, 1.82) is 0 Å². The molecule has 1 aromatic rings. The SMILES string of the molecule is CCS(=O)(=O)c1ccc(NCC2CCNC2)cc1. The molecule has 4 nitrogen and oxygen atoms in total. The number of hydrogen-bond acceptors (Lipinski definition) is 4. The Morgan fingerprint density at radius 1 is 1.33 bits per heavy atom. The largest absolute Gasteiger partial charge is 0.385 e. The predicted octanol–water partition coefficient (Wildman–Crippen LogP) is 1.50. The van der Waals surface area contributed by atoms with Crippen molar-refractivity contribution >= 4 is 15.5 Å². The van der Waals surface area contributed by atoms with Crippen LogP contribution in [0, 0.1) is 5.92 Å². The van der Waals surface area contributed by atoms with E-state index in [4.69, 9.17) is 0 Å². The third-order valence-electron chi connectivity index (χ3n) is 3.35. The molecule has 1 atom stereocenters. The van der Waals surface area contributed by atoms with Gasteiger partial charge in [-0.3, -0.25) is 0 Å². The fraction of sp³-hybridized carbons (Fsp3) is 0.538. The molecule has 5 heteroatoms. The molecule has 0 radical (unpaired) electrons. The lowest BCUT2D eigenvalue weighted by molar-refractivity contribution is 0.597. The van der Waals surface area contributed by atoms with Gasteiger partial charge in [0.2, 0.25) is 0 Å². The molecule has 1 aliphatic rings. The molecule has 1 fully saturated rings. The zero-order valence-electron chi connectivity index (χ0n) is 10.6. The second-order valence-corrected chi connectivity index (χ2v) is 6.95. The van der Waals surface area contributed by atoms with Crippen molar-refractivity contribution in [2.24, 2.45) is 5.92 Å². The summed E-state index contributed by atoms with van der Waals surface area (Å²) in [6.07, 6.45) is 1.20. The molecule has 1 saturated heterocycles. The van der Waals surface area contributed by atoms with Crippen LogP contribution in [0.4, 0.5) is 5.69 Å². The number of rotatable bonds is 5. The Hall–Kier alpha value is -1.07. The molecule has 1 aliphatic heterocycles. The summed E-state index contributed by atoms with van der Waals surface area (Å²) in [5.74, 6) is 0.817. The van der Waals surface area contributed by atoms with E-state index in [1.54, 1.807) is 19.1 Å². The smallest absolute Gasteiger partial charge is 0.178 e. The van der Waals surface area contributed by atoms with E-state index in [0.717, 1.165) is 25.3 Å². The maximum absolute atomic E-state index is 11.7. The third kappa shape index (κ3) is 3.23. The van der Waals surface area contributed by atoms with E-state index in [1.165, 1.54) is 6.42 Å². The highest BCUT2D eigenvalue weighted by Gasteiger charge is 2.14. The molecule has 1 unspecified atom stereocenters. The first-order valence-electron chi connectivity index (χ1n) is 6.39. The second-order valence-electron chi connectivity index (χ2n) is 4.67. The van der Waals surface area contributed by atoms with Crippen LogP contribution in [-0.4, -0.2) is 33.8 Å². The quantitative estimate of drug-likeness (QED) is 0.849. The van der Waals surface area contributed by atoms with Gasteiger partial charge in [-0.1, -0.05) is 6.92 Å². The van der Waals surface area contributed by atoms with Crippen molar-refractivity contribution in [3.05, 3.63) is 24.3 Å². The summed E-state index contributed by atoms with van der Waals surface area (Å²) in [5, 5.41) is 6.67. The average Bonchev–Trinajstić information content (AvgIpc) is 2.90. The van der Waals surface area contributed by atoms with E-state index in [-0.39, 0.29) is 5.75 Å². The number of sulfone groups is 1. The molecule has 0 aliphatic carbocycles. The first-order chi connectivity index (χ1) is 8.62. The van der Waals surface area contributed by atoms with Gasteiger partial charge in [-0.15, -0.1) is 0 Å². The monoisotopic (exact) mass is 268 g/mol. The van der Waals surface area contributed by atoms with E-state index >= 15 is 0 Å². The van der Waals surface area contributed by atoms with Gasteiger partial charge in [0.05, 0.1) is 10.6 Å². The molecule has 1 heterocycles. The Morgan fingerprint density at radius 3 is 2.61 bits per heavy atom. The maximum atomic E-state index is 11.7. The fourth-order valence-corrected chi connectivity index (χ4v) is 2.98. The van der Waals surface area contributed by atoms with Crippen LogP contribution in [0.1, 0.15) is 13.3 Å². The zero-order chi connectivity index (χ0) is 13.0. The van der Waals surface area contributed by atoms with Crippen molar-refractivity contribution in [3.63, 3.8) is 0 Å². The molecular formula is C13H20N2O2S. The lowest BCUT2D eigenvalue weighted by atomic mass is 10.1. The number of nitrogens with one attached hydrogen (secondary N) is 2. The number of anilines is 1. The van der Waals surface area contributed by atoms with E-state index in [0.29, 0.717) is 10.8 Å². The topological polar surface area (TPSA) is 58.2 Å². The van der Waals surface area contributed by atoms with Gasteiger partial charge in [0.1, 0.15) is 0 Å². The second kappa shape index (κ2) is 5.71. The standard InChI is InChI=1S/C13H20N2O2S/c1-2-18(16,17)13-5-3-12(4-6-13)15-10-11-7-8-14-9-11/h3-6,11,14-15H,2,7-10H2,1H3. The maximum Gasteiger partial charge on any atom is 0.178 e.